The van der Waals surface area contributed by atoms with Gasteiger partial charge in [0.05, 0.1) is 0 Å². The van der Waals surface area contributed by atoms with Gasteiger partial charge in [0.15, 0.2) is 0 Å². The van der Waals surface area contributed by atoms with Gasteiger partial charge in [-0.25, -0.2) is 0 Å². The predicted molar refractivity (Wildman–Crippen MR) is 71.5 cm³/mol. The number of hydrogen-bond acceptors (Lipinski definition) is 2. The molecular formula is C15H23NO. The standard InChI is InChI=1S/C15H23NO/c1-13-6-2-5-9-15(13)17-11-10-16-12-14-7-3-4-8-14/h2,5-6,9,14,16H,3-4,7-8,10-12H2,1H3. The lowest BCUT2D eigenvalue weighted by molar-refractivity contribution is 0.307. The van der Waals surface area contributed by atoms with Crippen LogP contribution in [0.5, 0.6) is 5.75 Å². The van der Waals surface area contributed by atoms with Gasteiger partial charge in [0.25, 0.3) is 0 Å². The molecule has 1 aromatic rings. The molecule has 1 aliphatic carbocycles. The van der Waals surface area contributed by atoms with E-state index in [0.29, 0.717) is 0 Å². The van der Waals surface area contributed by atoms with Crippen molar-refractivity contribution in [2.75, 3.05) is 19.7 Å². The first-order chi connectivity index (χ1) is 8.36. The number of ether oxygens (including phenoxy) is 1. The molecule has 1 fully saturated rings. The molecule has 0 amide bonds. The van der Waals surface area contributed by atoms with Crippen LogP contribution in [0.1, 0.15) is 31.2 Å². The molecule has 94 valence electrons. The summed E-state index contributed by atoms with van der Waals surface area (Å²) < 4.78 is 5.74. The van der Waals surface area contributed by atoms with Crippen molar-refractivity contribution in [1.29, 1.82) is 0 Å². The minimum atomic E-state index is 0.761. The van der Waals surface area contributed by atoms with Crippen LogP contribution in [0, 0.1) is 12.8 Å². The molecule has 1 N–H and O–H groups in total. The molecule has 17 heavy (non-hydrogen) atoms. The molecule has 0 heterocycles. The van der Waals surface area contributed by atoms with E-state index in [4.69, 9.17) is 4.74 Å². The van der Waals surface area contributed by atoms with Crippen LogP contribution in [-0.2, 0) is 0 Å². The van der Waals surface area contributed by atoms with E-state index in [1.807, 2.05) is 18.2 Å². The fraction of sp³-hybridized carbons (Fsp3) is 0.600. The minimum Gasteiger partial charge on any atom is -0.492 e. The van der Waals surface area contributed by atoms with Gasteiger partial charge in [-0.15, -0.1) is 0 Å². The lowest BCUT2D eigenvalue weighted by Crippen LogP contribution is -2.26. The fourth-order valence-electron chi connectivity index (χ4n) is 2.47. The Bertz CT molecular complexity index is 331. The Balaban J connectivity index is 1.58. The molecule has 0 aromatic heterocycles. The van der Waals surface area contributed by atoms with Gasteiger partial charge in [-0.2, -0.15) is 0 Å². The van der Waals surface area contributed by atoms with E-state index < -0.39 is 0 Å². The molecule has 2 rings (SSSR count). The quantitative estimate of drug-likeness (QED) is 0.762. The maximum Gasteiger partial charge on any atom is 0.122 e. The van der Waals surface area contributed by atoms with Gasteiger partial charge in [0.1, 0.15) is 12.4 Å². The van der Waals surface area contributed by atoms with Gasteiger partial charge >= 0.3 is 0 Å². The molecule has 1 aliphatic rings. The van der Waals surface area contributed by atoms with Gasteiger partial charge in [0, 0.05) is 6.54 Å². The van der Waals surface area contributed by atoms with Gasteiger partial charge < -0.3 is 10.1 Å². The zero-order valence-electron chi connectivity index (χ0n) is 10.7. The fourth-order valence-corrected chi connectivity index (χ4v) is 2.47. The average Bonchev–Trinajstić information content (AvgIpc) is 2.84. The summed E-state index contributed by atoms with van der Waals surface area (Å²) in [6.07, 6.45) is 5.66. The van der Waals surface area contributed by atoms with E-state index in [-0.39, 0.29) is 0 Å². The normalized spacial score (nSPS) is 16.3. The monoisotopic (exact) mass is 233 g/mol. The first kappa shape index (κ1) is 12.4. The third kappa shape index (κ3) is 4.04. The van der Waals surface area contributed by atoms with Crippen LogP contribution in [0.2, 0.25) is 0 Å². The first-order valence-corrected chi connectivity index (χ1v) is 6.75. The van der Waals surface area contributed by atoms with E-state index in [9.17, 15) is 0 Å². The van der Waals surface area contributed by atoms with Crippen molar-refractivity contribution in [3.8, 4) is 5.75 Å². The van der Waals surface area contributed by atoms with E-state index in [2.05, 4.69) is 18.3 Å². The van der Waals surface area contributed by atoms with Crippen molar-refractivity contribution in [3.05, 3.63) is 29.8 Å². The smallest absolute Gasteiger partial charge is 0.122 e. The number of hydrogen-bond donors (Lipinski definition) is 1. The number of nitrogens with one attached hydrogen (secondary N) is 1. The summed E-state index contributed by atoms with van der Waals surface area (Å²) in [5.41, 5.74) is 1.21. The SMILES string of the molecule is Cc1ccccc1OCCNCC1CCCC1. The molecule has 2 heteroatoms. The van der Waals surface area contributed by atoms with Crippen molar-refractivity contribution in [1.82, 2.24) is 5.32 Å². The molecule has 0 atom stereocenters. The van der Waals surface area contributed by atoms with Crippen LogP contribution in [0.3, 0.4) is 0 Å². The molecule has 0 spiro atoms. The highest BCUT2D eigenvalue weighted by molar-refractivity contribution is 5.31. The van der Waals surface area contributed by atoms with E-state index >= 15 is 0 Å². The molecule has 1 saturated carbocycles. The summed E-state index contributed by atoms with van der Waals surface area (Å²) >= 11 is 0. The van der Waals surface area contributed by atoms with Gasteiger partial charge in [-0.3, -0.25) is 0 Å². The van der Waals surface area contributed by atoms with Gasteiger partial charge in [-0.05, 0) is 43.9 Å². The Morgan fingerprint density at radius 1 is 1.24 bits per heavy atom. The lowest BCUT2D eigenvalue weighted by Gasteiger charge is -2.12. The molecule has 1 aromatic carbocycles. The molecular weight excluding hydrogens is 210 g/mol. The van der Waals surface area contributed by atoms with Gasteiger partial charge in [0.2, 0.25) is 0 Å². The van der Waals surface area contributed by atoms with Crippen LogP contribution < -0.4 is 10.1 Å². The lowest BCUT2D eigenvalue weighted by atomic mass is 10.1. The van der Waals surface area contributed by atoms with Crippen LogP contribution in [0.15, 0.2) is 24.3 Å². The second kappa shape index (κ2) is 6.65. The number of aryl methyl sites for hydroxylation is 1. The summed E-state index contributed by atoms with van der Waals surface area (Å²) in [6, 6.07) is 8.18. The summed E-state index contributed by atoms with van der Waals surface area (Å²) in [7, 11) is 0. The summed E-state index contributed by atoms with van der Waals surface area (Å²) in [6.45, 7) is 4.96. The second-order valence-electron chi connectivity index (χ2n) is 4.97. The maximum absolute atomic E-state index is 5.74. The van der Waals surface area contributed by atoms with Crippen molar-refractivity contribution >= 4 is 0 Å². The molecule has 0 bridgehead atoms. The van der Waals surface area contributed by atoms with Gasteiger partial charge in [-0.1, -0.05) is 31.0 Å². The molecule has 2 nitrogen and oxygen atoms in total. The number of para-hydroxylation sites is 1. The zero-order chi connectivity index (χ0) is 11.9. The topological polar surface area (TPSA) is 21.3 Å². The summed E-state index contributed by atoms with van der Waals surface area (Å²) in [5, 5.41) is 3.49. The maximum atomic E-state index is 5.74. The Morgan fingerprint density at radius 3 is 2.76 bits per heavy atom. The number of rotatable bonds is 6. The van der Waals surface area contributed by atoms with Crippen LogP contribution in [-0.4, -0.2) is 19.7 Å². The highest BCUT2D eigenvalue weighted by atomic mass is 16.5. The Labute approximate surface area is 104 Å². The molecule has 0 saturated heterocycles. The van der Waals surface area contributed by atoms with E-state index in [1.165, 1.54) is 31.2 Å². The highest BCUT2D eigenvalue weighted by Crippen LogP contribution is 2.23. The average molecular weight is 233 g/mol. The Hall–Kier alpha value is -1.02. The molecule has 0 unspecified atom stereocenters. The second-order valence-corrected chi connectivity index (χ2v) is 4.97. The number of benzene rings is 1. The minimum absolute atomic E-state index is 0.761. The largest absolute Gasteiger partial charge is 0.492 e. The van der Waals surface area contributed by atoms with E-state index in [0.717, 1.165) is 31.4 Å². The summed E-state index contributed by atoms with van der Waals surface area (Å²) in [4.78, 5) is 0. The Kier molecular flexibility index (Phi) is 4.87. The van der Waals surface area contributed by atoms with Crippen LogP contribution >= 0.6 is 0 Å². The summed E-state index contributed by atoms with van der Waals surface area (Å²) in [5.74, 6) is 1.92. The predicted octanol–water partition coefficient (Wildman–Crippen LogP) is 3.15. The van der Waals surface area contributed by atoms with E-state index in [1.54, 1.807) is 0 Å². The Morgan fingerprint density at radius 2 is 2.00 bits per heavy atom. The first-order valence-electron chi connectivity index (χ1n) is 6.75. The third-order valence-electron chi connectivity index (χ3n) is 3.54. The molecule has 0 aliphatic heterocycles. The van der Waals surface area contributed by atoms with Crippen LogP contribution in [0.25, 0.3) is 0 Å². The van der Waals surface area contributed by atoms with Crippen molar-refractivity contribution in [2.24, 2.45) is 5.92 Å². The highest BCUT2D eigenvalue weighted by Gasteiger charge is 2.13. The van der Waals surface area contributed by atoms with Crippen molar-refractivity contribution in [2.45, 2.75) is 32.6 Å². The van der Waals surface area contributed by atoms with Crippen LogP contribution in [0.4, 0.5) is 0 Å². The zero-order valence-corrected chi connectivity index (χ0v) is 10.7. The third-order valence-corrected chi connectivity index (χ3v) is 3.54. The molecule has 0 radical (unpaired) electrons. The van der Waals surface area contributed by atoms with Crippen molar-refractivity contribution < 1.29 is 4.74 Å². The van der Waals surface area contributed by atoms with Crippen molar-refractivity contribution in [3.63, 3.8) is 0 Å².